The van der Waals surface area contributed by atoms with E-state index in [9.17, 15) is 4.79 Å². The molecule has 0 aliphatic heterocycles. The molecule has 1 aromatic heterocycles. The highest BCUT2D eigenvalue weighted by Crippen LogP contribution is 2.17. The van der Waals surface area contributed by atoms with Gasteiger partial charge in [0.25, 0.3) is 0 Å². The molecule has 1 heterocycles. The molecule has 0 unspecified atom stereocenters. The number of carbonyl (C=O) groups is 1. The molecule has 25 heavy (non-hydrogen) atoms. The van der Waals surface area contributed by atoms with E-state index in [-0.39, 0.29) is 5.91 Å². The van der Waals surface area contributed by atoms with Crippen LogP contribution in [-0.2, 0) is 17.9 Å². The van der Waals surface area contributed by atoms with Crippen molar-refractivity contribution in [1.82, 2.24) is 9.88 Å². The summed E-state index contributed by atoms with van der Waals surface area (Å²) in [6.45, 7) is 10.1. The van der Waals surface area contributed by atoms with Crippen molar-refractivity contribution in [3.63, 3.8) is 0 Å². The van der Waals surface area contributed by atoms with Gasteiger partial charge < -0.3 is 9.64 Å². The van der Waals surface area contributed by atoms with Gasteiger partial charge in [-0.25, -0.2) is 4.98 Å². The van der Waals surface area contributed by atoms with E-state index in [1.807, 2.05) is 34.5 Å². The summed E-state index contributed by atoms with van der Waals surface area (Å²) >= 11 is 1.58. The fourth-order valence-corrected chi connectivity index (χ4v) is 3.20. The monoisotopic (exact) mass is 360 g/mol. The van der Waals surface area contributed by atoms with Crippen molar-refractivity contribution in [2.45, 2.75) is 53.7 Å². The van der Waals surface area contributed by atoms with Crippen LogP contribution in [-0.4, -0.2) is 22.3 Å². The number of rotatable bonds is 9. The molecule has 1 amide bonds. The predicted octanol–water partition coefficient (Wildman–Crippen LogP) is 4.82. The van der Waals surface area contributed by atoms with Crippen molar-refractivity contribution in [1.29, 1.82) is 0 Å². The van der Waals surface area contributed by atoms with Crippen molar-refractivity contribution in [3.05, 3.63) is 45.9 Å². The van der Waals surface area contributed by atoms with Crippen LogP contribution < -0.4 is 4.74 Å². The van der Waals surface area contributed by atoms with E-state index in [0.29, 0.717) is 25.5 Å². The number of benzene rings is 1. The predicted molar refractivity (Wildman–Crippen MR) is 103 cm³/mol. The van der Waals surface area contributed by atoms with E-state index >= 15 is 0 Å². The molecule has 0 N–H and O–H groups in total. The van der Waals surface area contributed by atoms with Crippen LogP contribution in [0.2, 0.25) is 0 Å². The second-order valence-corrected chi connectivity index (χ2v) is 7.69. The van der Waals surface area contributed by atoms with E-state index in [4.69, 9.17) is 4.74 Å². The first-order valence-corrected chi connectivity index (χ1v) is 9.76. The quantitative estimate of drug-likeness (QED) is 0.644. The summed E-state index contributed by atoms with van der Waals surface area (Å²) in [5, 5.41) is 2.96. The van der Waals surface area contributed by atoms with E-state index in [1.165, 1.54) is 5.56 Å². The molecular weight excluding hydrogens is 332 g/mol. The van der Waals surface area contributed by atoms with Gasteiger partial charge >= 0.3 is 0 Å². The maximum Gasteiger partial charge on any atom is 0.223 e. The van der Waals surface area contributed by atoms with Crippen LogP contribution in [0.5, 0.6) is 5.75 Å². The molecule has 0 spiro atoms. The van der Waals surface area contributed by atoms with Gasteiger partial charge in [-0.15, -0.1) is 11.3 Å². The van der Waals surface area contributed by atoms with Gasteiger partial charge in [0, 0.05) is 18.3 Å². The average Bonchev–Trinajstić information content (AvgIpc) is 3.01. The molecule has 1 aromatic carbocycles. The molecule has 0 radical (unpaired) electrons. The molecule has 2 aromatic rings. The van der Waals surface area contributed by atoms with Gasteiger partial charge in [0.1, 0.15) is 17.4 Å². The van der Waals surface area contributed by atoms with Crippen molar-refractivity contribution in [2.24, 2.45) is 5.92 Å². The number of thiazole rings is 1. The standard InChI is InChI=1S/C20H28N2O2S/c1-5-10-22(20(23)11-15(2)3)12-17-14-25-19(21-17)13-24-18-8-6-16(4)7-9-18/h6-9,14-15H,5,10-13H2,1-4H3. The molecule has 2 rings (SSSR count). The zero-order valence-electron chi connectivity index (χ0n) is 15.6. The third kappa shape index (κ3) is 6.50. The van der Waals surface area contributed by atoms with Crippen molar-refractivity contribution in [3.8, 4) is 5.75 Å². The Morgan fingerprint density at radius 1 is 1.28 bits per heavy atom. The highest BCUT2D eigenvalue weighted by atomic mass is 32.1. The SMILES string of the molecule is CCCN(Cc1csc(COc2ccc(C)cc2)n1)C(=O)CC(C)C. The lowest BCUT2D eigenvalue weighted by Crippen LogP contribution is -2.32. The van der Waals surface area contributed by atoms with Gasteiger partial charge in [-0.1, -0.05) is 38.5 Å². The van der Waals surface area contributed by atoms with Gasteiger partial charge in [0.2, 0.25) is 5.91 Å². The Labute approximate surface area is 154 Å². The maximum absolute atomic E-state index is 12.4. The molecule has 0 aliphatic rings. The summed E-state index contributed by atoms with van der Waals surface area (Å²) in [6, 6.07) is 8.01. The topological polar surface area (TPSA) is 42.4 Å². The van der Waals surface area contributed by atoms with Gasteiger partial charge in [0.15, 0.2) is 0 Å². The zero-order valence-corrected chi connectivity index (χ0v) is 16.4. The Balaban J connectivity index is 1.92. The summed E-state index contributed by atoms with van der Waals surface area (Å²) in [5.74, 6) is 1.44. The first-order chi connectivity index (χ1) is 12.0. The molecule has 0 aliphatic carbocycles. The number of hydrogen-bond acceptors (Lipinski definition) is 4. The Hall–Kier alpha value is -1.88. The van der Waals surface area contributed by atoms with Crippen LogP contribution in [0.3, 0.4) is 0 Å². The summed E-state index contributed by atoms with van der Waals surface area (Å²) in [5.41, 5.74) is 2.16. The minimum Gasteiger partial charge on any atom is -0.486 e. The largest absolute Gasteiger partial charge is 0.486 e. The molecule has 4 nitrogen and oxygen atoms in total. The van der Waals surface area contributed by atoms with Crippen LogP contribution >= 0.6 is 11.3 Å². The third-order valence-corrected chi connectivity index (χ3v) is 4.64. The van der Waals surface area contributed by atoms with Gasteiger partial charge in [0.05, 0.1) is 12.2 Å². The number of aromatic nitrogens is 1. The number of carbonyl (C=O) groups excluding carboxylic acids is 1. The molecular formula is C20H28N2O2S. The molecule has 0 fully saturated rings. The van der Waals surface area contributed by atoms with Gasteiger partial charge in [-0.3, -0.25) is 4.79 Å². The fourth-order valence-electron chi connectivity index (χ4n) is 2.50. The Morgan fingerprint density at radius 3 is 2.64 bits per heavy atom. The molecule has 0 saturated heterocycles. The summed E-state index contributed by atoms with van der Waals surface area (Å²) < 4.78 is 5.78. The van der Waals surface area contributed by atoms with E-state index in [2.05, 4.69) is 32.7 Å². The Bertz CT molecular complexity index is 665. The Morgan fingerprint density at radius 2 is 2.00 bits per heavy atom. The molecule has 5 heteroatoms. The molecule has 0 bridgehead atoms. The lowest BCUT2D eigenvalue weighted by atomic mass is 10.1. The minimum atomic E-state index is 0.210. The lowest BCUT2D eigenvalue weighted by Gasteiger charge is -2.22. The first-order valence-electron chi connectivity index (χ1n) is 8.88. The van der Waals surface area contributed by atoms with E-state index < -0.39 is 0 Å². The van der Waals surface area contributed by atoms with Crippen LogP contribution in [0.1, 0.15) is 49.9 Å². The van der Waals surface area contributed by atoms with Gasteiger partial charge in [-0.05, 0) is 31.4 Å². The van der Waals surface area contributed by atoms with E-state index in [0.717, 1.165) is 29.4 Å². The first kappa shape index (κ1) is 19.4. The fraction of sp³-hybridized carbons (Fsp3) is 0.500. The van der Waals surface area contributed by atoms with Crippen LogP contribution in [0.4, 0.5) is 0 Å². The molecule has 0 saturated carbocycles. The average molecular weight is 361 g/mol. The molecule has 136 valence electrons. The van der Waals surface area contributed by atoms with Crippen molar-refractivity contribution < 1.29 is 9.53 Å². The normalized spacial score (nSPS) is 10.9. The highest BCUT2D eigenvalue weighted by molar-refractivity contribution is 7.09. The minimum absolute atomic E-state index is 0.210. The summed E-state index contributed by atoms with van der Waals surface area (Å²) in [6.07, 6.45) is 1.55. The second kappa shape index (κ2) is 9.56. The second-order valence-electron chi connectivity index (χ2n) is 6.75. The number of aryl methyl sites for hydroxylation is 1. The summed E-state index contributed by atoms with van der Waals surface area (Å²) in [7, 11) is 0. The maximum atomic E-state index is 12.4. The zero-order chi connectivity index (χ0) is 18.2. The van der Waals surface area contributed by atoms with E-state index in [1.54, 1.807) is 11.3 Å². The van der Waals surface area contributed by atoms with Gasteiger partial charge in [-0.2, -0.15) is 0 Å². The van der Waals surface area contributed by atoms with Crippen molar-refractivity contribution in [2.75, 3.05) is 6.54 Å². The number of nitrogens with zero attached hydrogens (tertiary/aromatic N) is 2. The van der Waals surface area contributed by atoms with Crippen molar-refractivity contribution >= 4 is 17.2 Å². The smallest absolute Gasteiger partial charge is 0.223 e. The number of hydrogen-bond donors (Lipinski definition) is 0. The van der Waals surface area contributed by atoms with Crippen LogP contribution in [0.15, 0.2) is 29.6 Å². The van der Waals surface area contributed by atoms with Crippen LogP contribution in [0.25, 0.3) is 0 Å². The number of amides is 1. The molecule has 0 atom stereocenters. The van der Waals surface area contributed by atoms with Crippen LogP contribution in [0, 0.1) is 12.8 Å². The Kier molecular flexibility index (Phi) is 7.44. The third-order valence-electron chi connectivity index (χ3n) is 3.76. The summed E-state index contributed by atoms with van der Waals surface area (Å²) in [4.78, 5) is 18.9. The lowest BCUT2D eigenvalue weighted by molar-refractivity contribution is -0.132. The highest BCUT2D eigenvalue weighted by Gasteiger charge is 2.16. The number of ether oxygens (including phenoxy) is 1.